The minimum Gasteiger partial charge on any atom is -0.396 e. The molecule has 0 bridgehead atoms. The molecular formula is C12H28NO+. The van der Waals surface area contributed by atoms with Gasteiger partial charge in [-0.3, -0.25) is 0 Å². The van der Waals surface area contributed by atoms with Crippen LogP contribution in [0.15, 0.2) is 0 Å². The van der Waals surface area contributed by atoms with Crippen molar-refractivity contribution >= 4 is 0 Å². The van der Waals surface area contributed by atoms with E-state index in [2.05, 4.69) is 20.9 Å². The van der Waals surface area contributed by atoms with E-state index in [-0.39, 0.29) is 0 Å². The number of hydrogen-bond acceptors (Lipinski definition) is 1. The second kappa shape index (κ2) is 8.25. The van der Waals surface area contributed by atoms with Crippen LogP contribution in [0.2, 0.25) is 0 Å². The van der Waals surface area contributed by atoms with Crippen LogP contribution in [0.1, 0.15) is 46.0 Å². The van der Waals surface area contributed by atoms with Gasteiger partial charge in [-0.05, 0) is 12.8 Å². The third kappa shape index (κ3) is 6.39. The van der Waals surface area contributed by atoms with Gasteiger partial charge in [0.1, 0.15) is 0 Å². The molecule has 0 aliphatic rings. The van der Waals surface area contributed by atoms with Crippen molar-refractivity contribution in [2.45, 2.75) is 46.0 Å². The van der Waals surface area contributed by atoms with E-state index in [9.17, 15) is 0 Å². The van der Waals surface area contributed by atoms with Crippen molar-refractivity contribution in [3.63, 3.8) is 0 Å². The smallest absolute Gasteiger partial charge is 0.0806 e. The molecule has 0 radical (unpaired) electrons. The Morgan fingerprint density at radius 1 is 0.857 bits per heavy atom. The summed E-state index contributed by atoms with van der Waals surface area (Å²) >= 11 is 0. The zero-order chi connectivity index (χ0) is 10.9. The molecule has 0 heterocycles. The summed E-state index contributed by atoms with van der Waals surface area (Å²) in [5.41, 5.74) is 0. The first-order chi connectivity index (χ1) is 6.68. The highest BCUT2D eigenvalue weighted by molar-refractivity contribution is 4.43. The number of aliphatic hydroxyl groups excluding tert-OH is 1. The first kappa shape index (κ1) is 13.9. The van der Waals surface area contributed by atoms with E-state index in [1.165, 1.54) is 38.8 Å². The summed E-state index contributed by atoms with van der Waals surface area (Å²) < 4.78 is 1.16. The van der Waals surface area contributed by atoms with Crippen molar-refractivity contribution in [2.24, 2.45) is 0 Å². The maximum absolute atomic E-state index is 8.87. The van der Waals surface area contributed by atoms with Crippen LogP contribution < -0.4 is 0 Å². The van der Waals surface area contributed by atoms with Gasteiger partial charge in [0.25, 0.3) is 0 Å². The highest BCUT2D eigenvalue weighted by Gasteiger charge is 2.19. The summed E-state index contributed by atoms with van der Waals surface area (Å²) in [5, 5.41) is 8.87. The molecule has 2 heteroatoms. The van der Waals surface area contributed by atoms with Crippen molar-refractivity contribution in [1.29, 1.82) is 0 Å². The second-order valence-corrected chi connectivity index (χ2v) is 4.57. The maximum atomic E-state index is 8.87. The van der Waals surface area contributed by atoms with Crippen molar-refractivity contribution in [2.75, 3.05) is 33.3 Å². The molecular weight excluding hydrogens is 174 g/mol. The van der Waals surface area contributed by atoms with E-state index in [0.717, 1.165) is 17.4 Å². The Balaban J connectivity index is 3.89. The number of quaternary nitrogens is 1. The third-order valence-corrected chi connectivity index (χ3v) is 2.96. The molecule has 0 spiro atoms. The average molecular weight is 202 g/mol. The normalized spacial score (nSPS) is 12.0. The third-order valence-electron chi connectivity index (χ3n) is 2.96. The Hall–Kier alpha value is -0.0800. The van der Waals surface area contributed by atoms with Gasteiger partial charge in [-0.15, -0.1) is 0 Å². The number of rotatable bonds is 9. The van der Waals surface area contributed by atoms with Gasteiger partial charge in [0.2, 0.25) is 0 Å². The number of aliphatic hydroxyl groups is 1. The quantitative estimate of drug-likeness (QED) is 0.569. The van der Waals surface area contributed by atoms with Crippen molar-refractivity contribution in [1.82, 2.24) is 0 Å². The van der Waals surface area contributed by atoms with Gasteiger partial charge in [0.05, 0.1) is 26.7 Å². The van der Waals surface area contributed by atoms with Crippen LogP contribution in [-0.2, 0) is 0 Å². The topological polar surface area (TPSA) is 20.2 Å². The Morgan fingerprint density at radius 3 is 1.64 bits per heavy atom. The van der Waals surface area contributed by atoms with Crippen LogP contribution in [0.25, 0.3) is 0 Å². The van der Waals surface area contributed by atoms with Gasteiger partial charge in [-0.25, -0.2) is 0 Å². The molecule has 0 aromatic carbocycles. The van der Waals surface area contributed by atoms with Gasteiger partial charge in [-0.1, -0.05) is 26.7 Å². The van der Waals surface area contributed by atoms with Crippen LogP contribution in [-0.4, -0.2) is 42.9 Å². The van der Waals surface area contributed by atoms with E-state index in [1.54, 1.807) is 0 Å². The SMILES string of the molecule is CCCC[N+](C)(CCCC)CCCO. The summed E-state index contributed by atoms with van der Waals surface area (Å²) in [6, 6.07) is 0. The van der Waals surface area contributed by atoms with Gasteiger partial charge >= 0.3 is 0 Å². The van der Waals surface area contributed by atoms with Crippen LogP contribution >= 0.6 is 0 Å². The Kier molecular flexibility index (Phi) is 8.20. The van der Waals surface area contributed by atoms with Crippen LogP contribution in [0, 0.1) is 0 Å². The molecule has 0 aliphatic carbocycles. The van der Waals surface area contributed by atoms with E-state index >= 15 is 0 Å². The van der Waals surface area contributed by atoms with Gasteiger partial charge in [0, 0.05) is 13.0 Å². The van der Waals surface area contributed by atoms with E-state index in [0.29, 0.717) is 6.61 Å². The van der Waals surface area contributed by atoms with Crippen LogP contribution in [0.5, 0.6) is 0 Å². The summed E-state index contributed by atoms with van der Waals surface area (Å²) in [5.74, 6) is 0. The summed E-state index contributed by atoms with van der Waals surface area (Å²) in [7, 11) is 2.33. The minimum atomic E-state index is 0.339. The van der Waals surface area contributed by atoms with Gasteiger partial charge < -0.3 is 9.59 Å². The van der Waals surface area contributed by atoms with E-state index in [1.807, 2.05) is 0 Å². The van der Waals surface area contributed by atoms with Crippen molar-refractivity contribution in [3.8, 4) is 0 Å². The fourth-order valence-corrected chi connectivity index (χ4v) is 1.87. The van der Waals surface area contributed by atoms with E-state index in [4.69, 9.17) is 5.11 Å². The molecule has 0 aromatic rings. The summed E-state index contributed by atoms with van der Waals surface area (Å²) in [6.45, 7) is 8.52. The maximum Gasteiger partial charge on any atom is 0.0806 e. The summed E-state index contributed by atoms with van der Waals surface area (Å²) in [4.78, 5) is 0. The fraction of sp³-hybridized carbons (Fsp3) is 1.00. The standard InChI is InChI=1S/C12H28NO/c1-4-6-9-13(3,10-7-5-2)11-8-12-14/h14H,4-12H2,1-3H3/q+1. The molecule has 86 valence electrons. The lowest BCUT2D eigenvalue weighted by molar-refractivity contribution is -0.910. The van der Waals surface area contributed by atoms with Crippen molar-refractivity contribution < 1.29 is 9.59 Å². The predicted octanol–water partition coefficient (Wildman–Crippen LogP) is 2.42. The number of nitrogens with zero attached hydrogens (tertiary/aromatic N) is 1. The molecule has 0 aromatic heterocycles. The first-order valence-electron chi connectivity index (χ1n) is 6.13. The average Bonchev–Trinajstić information content (AvgIpc) is 2.21. The molecule has 2 nitrogen and oxygen atoms in total. The summed E-state index contributed by atoms with van der Waals surface area (Å²) in [6.07, 6.45) is 6.12. The molecule has 0 fully saturated rings. The largest absolute Gasteiger partial charge is 0.396 e. The van der Waals surface area contributed by atoms with Crippen LogP contribution in [0.3, 0.4) is 0 Å². The van der Waals surface area contributed by atoms with E-state index < -0.39 is 0 Å². The molecule has 0 saturated heterocycles. The van der Waals surface area contributed by atoms with Gasteiger partial charge in [0.15, 0.2) is 0 Å². The highest BCUT2D eigenvalue weighted by Crippen LogP contribution is 2.09. The lowest BCUT2D eigenvalue weighted by atomic mass is 10.2. The predicted molar refractivity (Wildman–Crippen MR) is 62.3 cm³/mol. The Bertz CT molecular complexity index is 104. The second-order valence-electron chi connectivity index (χ2n) is 4.57. The molecule has 0 rings (SSSR count). The Morgan fingerprint density at radius 2 is 1.29 bits per heavy atom. The number of hydrogen-bond donors (Lipinski definition) is 1. The lowest BCUT2D eigenvalue weighted by Gasteiger charge is -2.34. The van der Waals surface area contributed by atoms with Crippen molar-refractivity contribution in [3.05, 3.63) is 0 Å². The molecule has 0 atom stereocenters. The van der Waals surface area contributed by atoms with Gasteiger partial charge in [-0.2, -0.15) is 0 Å². The Labute approximate surface area is 89.5 Å². The lowest BCUT2D eigenvalue weighted by Crippen LogP contribution is -2.46. The number of unbranched alkanes of at least 4 members (excludes halogenated alkanes) is 2. The van der Waals surface area contributed by atoms with Crippen LogP contribution in [0.4, 0.5) is 0 Å². The molecule has 0 unspecified atom stereocenters. The zero-order valence-electron chi connectivity index (χ0n) is 10.3. The zero-order valence-corrected chi connectivity index (χ0v) is 10.3. The minimum absolute atomic E-state index is 0.339. The molecule has 0 saturated carbocycles. The molecule has 14 heavy (non-hydrogen) atoms. The fourth-order valence-electron chi connectivity index (χ4n) is 1.87. The highest BCUT2D eigenvalue weighted by atomic mass is 16.3. The molecule has 0 amide bonds. The molecule has 1 N–H and O–H groups in total. The monoisotopic (exact) mass is 202 g/mol. The molecule has 0 aliphatic heterocycles. The first-order valence-corrected chi connectivity index (χ1v) is 6.13.